The Labute approximate surface area is 236 Å². The average Bonchev–Trinajstić information content (AvgIpc) is 3.46. The summed E-state index contributed by atoms with van der Waals surface area (Å²) in [6, 6.07) is 12.3. The first-order valence-electron chi connectivity index (χ1n) is 14.6. The largest absolute Gasteiger partial charge is 0.507 e. The van der Waals surface area contributed by atoms with Crippen molar-refractivity contribution in [2.24, 2.45) is 0 Å². The maximum atomic E-state index is 13.5. The molecule has 0 radical (unpaired) electrons. The van der Waals surface area contributed by atoms with Gasteiger partial charge in [0.2, 0.25) is 0 Å². The van der Waals surface area contributed by atoms with Crippen LogP contribution in [-0.4, -0.2) is 78.7 Å². The van der Waals surface area contributed by atoms with Gasteiger partial charge in [-0.15, -0.1) is 0 Å². The topological polar surface area (TPSA) is 88.5 Å². The SMILES string of the molecule is CCCCCOc1cccc([C@H]2C(=C(O)c3ccc4c(c3)C[C@H](C)O4)C(=O)C(=O)N2CCCN2CCOCC2)c1. The lowest BCUT2D eigenvalue weighted by Gasteiger charge is -2.29. The van der Waals surface area contributed by atoms with Crippen LogP contribution < -0.4 is 9.47 Å². The highest BCUT2D eigenvalue weighted by Gasteiger charge is 2.46. The molecule has 3 aliphatic heterocycles. The van der Waals surface area contributed by atoms with E-state index >= 15 is 0 Å². The second-order valence-corrected chi connectivity index (χ2v) is 10.9. The Kier molecular flexibility index (Phi) is 9.07. The van der Waals surface area contributed by atoms with Crippen LogP contribution in [0.15, 0.2) is 48.0 Å². The molecule has 0 bridgehead atoms. The Morgan fingerprint density at radius 1 is 1.05 bits per heavy atom. The maximum Gasteiger partial charge on any atom is 0.295 e. The van der Waals surface area contributed by atoms with Crippen molar-refractivity contribution >= 4 is 17.4 Å². The normalized spacial score (nSPS) is 22.4. The molecule has 2 saturated heterocycles. The zero-order valence-electron chi connectivity index (χ0n) is 23.6. The highest BCUT2D eigenvalue weighted by molar-refractivity contribution is 6.46. The number of carbonyl (C=O) groups excluding carboxylic acids is 2. The van der Waals surface area contributed by atoms with Gasteiger partial charge in [0, 0.05) is 38.2 Å². The molecule has 214 valence electrons. The van der Waals surface area contributed by atoms with Crippen LogP contribution in [0.3, 0.4) is 0 Å². The van der Waals surface area contributed by atoms with Crippen LogP contribution in [0, 0.1) is 0 Å². The standard InChI is InChI=1S/C32H40N2O6/c1-3-4-5-16-39-26-9-6-8-23(21-26)29-28(30(35)24-10-11-27-25(20-24)19-22(2)40-27)31(36)32(37)34(29)13-7-12-33-14-17-38-18-15-33/h6,8-11,20-22,29,35H,3-5,7,12-19H2,1-2H3/t22-,29-/m0/s1. The van der Waals surface area contributed by atoms with Crippen molar-refractivity contribution in [3.05, 3.63) is 64.7 Å². The van der Waals surface area contributed by atoms with E-state index in [-0.39, 0.29) is 17.4 Å². The molecule has 3 aliphatic rings. The summed E-state index contributed by atoms with van der Waals surface area (Å²) in [5.74, 6) is 0.0816. The molecular weight excluding hydrogens is 508 g/mol. The number of carbonyl (C=O) groups is 2. The number of amides is 1. The summed E-state index contributed by atoms with van der Waals surface area (Å²) in [6.45, 7) is 9.10. The van der Waals surface area contributed by atoms with Gasteiger partial charge >= 0.3 is 0 Å². The number of fused-ring (bicyclic) bond motifs is 1. The number of hydrogen-bond donors (Lipinski definition) is 1. The third-order valence-electron chi connectivity index (χ3n) is 7.88. The predicted octanol–water partition coefficient (Wildman–Crippen LogP) is 4.72. The van der Waals surface area contributed by atoms with Gasteiger partial charge in [-0.05, 0) is 61.2 Å². The molecule has 1 N–H and O–H groups in total. The number of benzene rings is 2. The average molecular weight is 549 g/mol. The van der Waals surface area contributed by atoms with Crippen LogP contribution in [0.1, 0.15) is 62.3 Å². The van der Waals surface area contributed by atoms with E-state index < -0.39 is 17.7 Å². The lowest BCUT2D eigenvalue weighted by molar-refractivity contribution is -0.140. The molecule has 0 spiro atoms. The molecule has 2 aromatic carbocycles. The first-order valence-corrected chi connectivity index (χ1v) is 14.6. The number of likely N-dealkylation sites (tertiary alicyclic amines) is 1. The third-order valence-corrected chi connectivity index (χ3v) is 7.88. The minimum absolute atomic E-state index is 0.0597. The first-order chi connectivity index (χ1) is 19.5. The number of hydrogen-bond acceptors (Lipinski definition) is 7. The number of rotatable bonds is 11. The second-order valence-electron chi connectivity index (χ2n) is 10.9. The van der Waals surface area contributed by atoms with E-state index in [1.54, 1.807) is 11.0 Å². The van der Waals surface area contributed by atoms with Gasteiger partial charge in [0.05, 0.1) is 31.4 Å². The number of ether oxygens (including phenoxy) is 3. The van der Waals surface area contributed by atoms with Crippen molar-refractivity contribution in [2.75, 3.05) is 46.0 Å². The number of ketones is 1. The van der Waals surface area contributed by atoms with Gasteiger partial charge in [0.25, 0.3) is 11.7 Å². The number of aliphatic hydroxyl groups excluding tert-OH is 1. The van der Waals surface area contributed by atoms with Crippen LogP contribution in [0.5, 0.6) is 11.5 Å². The summed E-state index contributed by atoms with van der Waals surface area (Å²) in [7, 11) is 0. The van der Waals surface area contributed by atoms with Crippen molar-refractivity contribution in [1.82, 2.24) is 9.80 Å². The molecule has 40 heavy (non-hydrogen) atoms. The third kappa shape index (κ3) is 6.18. The minimum atomic E-state index is -0.702. The Balaban J connectivity index is 1.46. The lowest BCUT2D eigenvalue weighted by Crippen LogP contribution is -2.38. The van der Waals surface area contributed by atoms with Gasteiger partial charge in [-0.25, -0.2) is 0 Å². The maximum absolute atomic E-state index is 13.5. The quantitative estimate of drug-likeness (QED) is 0.188. The Hall–Kier alpha value is -3.36. The smallest absolute Gasteiger partial charge is 0.295 e. The molecule has 0 aliphatic carbocycles. The van der Waals surface area contributed by atoms with Crippen molar-refractivity contribution in [2.45, 2.75) is 58.1 Å². The molecule has 5 rings (SSSR count). The summed E-state index contributed by atoms with van der Waals surface area (Å²) < 4.78 is 17.3. The monoisotopic (exact) mass is 548 g/mol. The molecule has 8 nitrogen and oxygen atoms in total. The molecule has 2 aromatic rings. The van der Waals surface area contributed by atoms with E-state index in [4.69, 9.17) is 14.2 Å². The zero-order valence-corrected chi connectivity index (χ0v) is 23.6. The number of morpholine rings is 1. The van der Waals surface area contributed by atoms with Crippen molar-refractivity contribution in [3.8, 4) is 11.5 Å². The second kappa shape index (κ2) is 12.9. The first kappa shape index (κ1) is 28.2. The van der Waals surface area contributed by atoms with Gasteiger partial charge in [0.15, 0.2) is 0 Å². The number of Topliss-reactive ketones (excluding diaryl/α,β-unsaturated/α-hetero) is 1. The summed E-state index contributed by atoms with van der Waals surface area (Å²) in [6.07, 6.45) is 4.66. The molecular formula is C32H40N2O6. The number of nitrogens with zero attached hydrogens (tertiary/aromatic N) is 2. The van der Waals surface area contributed by atoms with Crippen LogP contribution in [0.4, 0.5) is 0 Å². The van der Waals surface area contributed by atoms with Crippen molar-refractivity contribution < 1.29 is 28.9 Å². The van der Waals surface area contributed by atoms with Crippen LogP contribution in [0.25, 0.3) is 5.76 Å². The molecule has 0 saturated carbocycles. The minimum Gasteiger partial charge on any atom is -0.507 e. The number of unbranched alkanes of at least 4 members (excludes halogenated alkanes) is 2. The fourth-order valence-electron chi connectivity index (χ4n) is 5.79. The molecule has 8 heteroatoms. The van der Waals surface area contributed by atoms with Gasteiger partial charge in [0.1, 0.15) is 23.4 Å². The van der Waals surface area contributed by atoms with E-state index in [9.17, 15) is 14.7 Å². The zero-order chi connectivity index (χ0) is 28.1. The van der Waals surface area contributed by atoms with E-state index in [0.717, 1.165) is 62.2 Å². The molecule has 0 aromatic heterocycles. The molecule has 3 heterocycles. The fraction of sp³-hybridized carbons (Fsp3) is 0.500. The summed E-state index contributed by atoms with van der Waals surface area (Å²) in [5.41, 5.74) is 2.36. The Morgan fingerprint density at radius 2 is 1.88 bits per heavy atom. The van der Waals surface area contributed by atoms with Crippen molar-refractivity contribution in [3.63, 3.8) is 0 Å². The van der Waals surface area contributed by atoms with E-state index in [1.165, 1.54) is 0 Å². The van der Waals surface area contributed by atoms with Crippen LogP contribution >= 0.6 is 0 Å². The highest BCUT2D eigenvalue weighted by Crippen LogP contribution is 2.41. The van der Waals surface area contributed by atoms with Crippen molar-refractivity contribution in [1.29, 1.82) is 0 Å². The Morgan fingerprint density at radius 3 is 2.67 bits per heavy atom. The summed E-state index contributed by atoms with van der Waals surface area (Å²) >= 11 is 0. The fourth-order valence-corrected chi connectivity index (χ4v) is 5.79. The Bertz CT molecular complexity index is 1250. The number of aliphatic hydroxyl groups is 1. The highest BCUT2D eigenvalue weighted by atomic mass is 16.5. The summed E-state index contributed by atoms with van der Waals surface area (Å²) in [5, 5.41) is 11.5. The van der Waals surface area contributed by atoms with Gasteiger partial charge < -0.3 is 24.2 Å². The van der Waals surface area contributed by atoms with E-state index in [2.05, 4.69) is 11.8 Å². The van der Waals surface area contributed by atoms with Gasteiger partial charge in [-0.2, -0.15) is 0 Å². The predicted molar refractivity (Wildman–Crippen MR) is 153 cm³/mol. The summed E-state index contributed by atoms with van der Waals surface area (Å²) in [4.78, 5) is 30.9. The van der Waals surface area contributed by atoms with Gasteiger partial charge in [-0.1, -0.05) is 31.9 Å². The van der Waals surface area contributed by atoms with E-state index in [0.29, 0.717) is 44.1 Å². The molecule has 0 unspecified atom stereocenters. The van der Waals surface area contributed by atoms with Gasteiger partial charge in [-0.3, -0.25) is 14.5 Å². The molecule has 2 atom stereocenters. The molecule has 2 fully saturated rings. The lowest BCUT2D eigenvalue weighted by atomic mass is 9.94. The van der Waals surface area contributed by atoms with Crippen LogP contribution in [0.2, 0.25) is 0 Å². The van der Waals surface area contributed by atoms with E-state index in [1.807, 2.05) is 43.3 Å². The molecule has 1 amide bonds. The van der Waals surface area contributed by atoms with Crippen LogP contribution in [-0.2, 0) is 20.7 Å².